The van der Waals surface area contributed by atoms with Gasteiger partial charge < -0.3 is 10.7 Å². The summed E-state index contributed by atoms with van der Waals surface area (Å²) in [4.78, 5) is 8.30. The SMILES string of the molecule is Cc1ccc(C)c(-c2nc(C3(CN)CC3)[nH]c2C)c1. The lowest BCUT2D eigenvalue weighted by Crippen LogP contribution is -2.21. The number of aromatic nitrogens is 2. The first-order chi connectivity index (χ1) is 9.05. The number of hydrogen-bond donors (Lipinski definition) is 2. The molecule has 1 saturated carbocycles. The standard InChI is InChI=1S/C16H21N3/c1-10-4-5-11(2)13(8-10)14-12(3)18-15(19-14)16(9-17)6-7-16/h4-5,8H,6-7,9,17H2,1-3H3,(H,18,19). The van der Waals surface area contributed by atoms with Gasteiger partial charge in [0.1, 0.15) is 5.82 Å². The molecular formula is C16H21N3. The molecule has 1 heterocycles. The summed E-state index contributed by atoms with van der Waals surface area (Å²) in [7, 11) is 0. The number of nitrogens with zero attached hydrogens (tertiary/aromatic N) is 1. The summed E-state index contributed by atoms with van der Waals surface area (Å²) >= 11 is 0. The minimum Gasteiger partial charge on any atom is -0.345 e. The molecule has 0 unspecified atom stereocenters. The number of imidazole rings is 1. The van der Waals surface area contributed by atoms with Gasteiger partial charge in [0.2, 0.25) is 0 Å². The first-order valence-electron chi connectivity index (χ1n) is 6.90. The van der Waals surface area contributed by atoms with Crippen LogP contribution in [-0.2, 0) is 5.41 Å². The van der Waals surface area contributed by atoms with Gasteiger partial charge in [-0.2, -0.15) is 0 Å². The van der Waals surface area contributed by atoms with Crippen LogP contribution in [0.3, 0.4) is 0 Å². The molecule has 0 amide bonds. The molecule has 100 valence electrons. The van der Waals surface area contributed by atoms with Crippen molar-refractivity contribution in [2.45, 2.75) is 39.0 Å². The molecule has 3 nitrogen and oxygen atoms in total. The number of nitrogens with one attached hydrogen (secondary N) is 1. The summed E-state index contributed by atoms with van der Waals surface area (Å²) < 4.78 is 0. The Labute approximate surface area is 114 Å². The van der Waals surface area contributed by atoms with E-state index in [9.17, 15) is 0 Å². The van der Waals surface area contributed by atoms with Crippen LogP contribution in [0.1, 0.15) is 35.5 Å². The van der Waals surface area contributed by atoms with Crippen molar-refractivity contribution in [1.82, 2.24) is 9.97 Å². The summed E-state index contributed by atoms with van der Waals surface area (Å²) in [5.41, 5.74) is 12.0. The molecule has 3 rings (SSSR count). The van der Waals surface area contributed by atoms with Crippen molar-refractivity contribution >= 4 is 0 Å². The molecule has 3 heteroatoms. The molecule has 1 fully saturated rings. The Balaban J connectivity index is 2.08. The van der Waals surface area contributed by atoms with Crippen molar-refractivity contribution in [3.05, 3.63) is 40.8 Å². The van der Waals surface area contributed by atoms with Crippen LogP contribution < -0.4 is 5.73 Å². The summed E-state index contributed by atoms with van der Waals surface area (Å²) in [5.74, 6) is 1.07. The summed E-state index contributed by atoms with van der Waals surface area (Å²) in [6.45, 7) is 7.04. The lowest BCUT2D eigenvalue weighted by molar-refractivity contribution is 0.658. The number of nitrogens with two attached hydrogens (primary N) is 1. The Bertz CT molecular complexity index is 621. The van der Waals surface area contributed by atoms with Gasteiger partial charge in [-0.1, -0.05) is 17.7 Å². The van der Waals surface area contributed by atoms with Crippen LogP contribution in [0.15, 0.2) is 18.2 Å². The largest absolute Gasteiger partial charge is 0.345 e. The Kier molecular flexibility index (Phi) is 2.75. The van der Waals surface area contributed by atoms with Gasteiger partial charge in [-0.3, -0.25) is 0 Å². The van der Waals surface area contributed by atoms with Crippen molar-refractivity contribution < 1.29 is 0 Å². The number of aryl methyl sites for hydroxylation is 3. The van der Waals surface area contributed by atoms with Gasteiger partial charge in [-0.15, -0.1) is 0 Å². The van der Waals surface area contributed by atoms with Crippen LogP contribution >= 0.6 is 0 Å². The maximum Gasteiger partial charge on any atom is 0.114 e. The van der Waals surface area contributed by atoms with Crippen LogP contribution in [0.5, 0.6) is 0 Å². The predicted octanol–water partition coefficient (Wildman–Crippen LogP) is 2.99. The lowest BCUT2D eigenvalue weighted by atomic mass is 10.0. The molecule has 0 bridgehead atoms. The van der Waals surface area contributed by atoms with E-state index in [0.717, 1.165) is 30.1 Å². The van der Waals surface area contributed by atoms with Gasteiger partial charge in [0.15, 0.2) is 0 Å². The minimum absolute atomic E-state index is 0.126. The van der Waals surface area contributed by atoms with Crippen molar-refractivity contribution in [2.24, 2.45) is 5.73 Å². The smallest absolute Gasteiger partial charge is 0.114 e. The highest BCUT2D eigenvalue weighted by molar-refractivity contribution is 5.67. The molecule has 1 aliphatic rings. The number of rotatable bonds is 3. The lowest BCUT2D eigenvalue weighted by Gasteiger charge is -2.07. The van der Waals surface area contributed by atoms with Gasteiger partial charge in [-0.05, 0) is 45.2 Å². The van der Waals surface area contributed by atoms with E-state index in [1.165, 1.54) is 16.7 Å². The highest BCUT2D eigenvalue weighted by Gasteiger charge is 2.46. The maximum atomic E-state index is 5.89. The molecule has 1 aromatic carbocycles. The Morgan fingerprint density at radius 1 is 1.26 bits per heavy atom. The monoisotopic (exact) mass is 255 g/mol. The Hall–Kier alpha value is -1.61. The minimum atomic E-state index is 0.126. The van der Waals surface area contributed by atoms with Gasteiger partial charge in [-0.25, -0.2) is 4.98 Å². The number of aromatic amines is 1. The highest BCUT2D eigenvalue weighted by Crippen LogP contribution is 2.46. The zero-order valence-corrected chi connectivity index (χ0v) is 11.9. The van der Waals surface area contributed by atoms with Crippen LogP contribution in [0, 0.1) is 20.8 Å². The summed E-state index contributed by atoms with van der Waals surface area (Å²) in [5, 5.41) is 0. The van der Waals surface area contributed by atoms with E-state index in [1.54, 1.807) is 0 Å². The van der Waals surface area contributed by atoms with E-state index in [4.69, 9.17) is 10.7 Å². The number of benzene rings is 1. The molecule has 0 spiro atoms. The van der Waals surface area contributed by atoms with Crippen LogP contribution in [0.25, 0.3) is 11.3 Å². The normalized spacial score (nSPS) is 16.6. The average molecular weight is 255 g/mol. The fourth-order valence-electron chi connectivity index (χ4n) is 2.65. The second-order valence-corrected chi connectivity index (χ2v) is 5.86. The van der Waals surface area contributed by atoms with Crippen molar-refractivity contribution in [3.63, 3.8) is 0 Å². The van der Waals surface area contributed by atoms with Crippen LogP contribution in [0.4, 0.5) is 0 Å². The third-order valence-corrected chi connectivity index (χ3v) is 4.28. The van der Waals surface area contributed by atoms with E-state index >= 15 is 0 Å². The van der Waals surface area contributed by atoms with E-state index in [2.05, 4.69) is 44.0 Å². The van der Waals surface area contributed by atoms with Gasteiger partial charge in [0, 0.05) is 23.2 Å². The van der Waals surface area contributed by atoms with E-state index < -0.39 is 0 Å². The maximum absolute atomic E-state index is 5.89. The number of hydrogen-bond acceptors (Lipinski definition) is 2. The number of H-pyrrole nitrogens is 1. The van der Waals surface area contributed by atoms with E-state index in [1.807, 2.05) is 0 Å². The second-order valence-electron chi connectivity index (χ2n) is 5.86. The average Bonchev–Trinajstić information content (AvgIpc) is 3.10. The first kappa shape index (κ1) is 12.4. The van der Waals surface area contributed by atoms with E-state index in [-0.39, 0.29) is 5.41 Å². The van der Waals surface area contributed by atoms with Crippen LogP contribution in [0.2, 0.25) is 0 Å². The van der Waals surface area contributed by atoms with E-state index in [0.29, 0.717) is 6.54 Å². The summed E-state index contributed by atoms with van der Waals surface area (Å²) in [6, 6.07) is 6.52. The molecule has 0 saturated heterocycles. The molecule has 1 aliphatic carbocycles. The topological polar surface area (TPSA) is 54.7 Å². The van der Waals surface area contributed by atoms with Crippen molar-refractivity contribution in [1.29, 1.82) is 0 Å². The Morgan fingerprint density at radius 3 is 2.63 bits per heavy atom. The summed E-state index contributed by atoms with van der Waals surface area (Å²) in [6.07, 6.45) is 2.31. The van der Waals surface area contributed by atoms with Gasteiger partial charge in [0.25, 0.3) is 0 Å². The highest BCUT2D eigenvalue weighted by atomic mass is 15.0. The van der Waals surface area contributed by atoms with Crippen molar-refractivity contribution in [2.75, 3.05) is 6.54 Å². The fourth-order valence-corrected chi connectivity index (χ4v) is 2.65. The molecule has 1 aromatic heterocycles. The zero-order valence-electron chi connectivity index (χ0n) is 11.9. The predicted molar refractivity (Wildman–Crippen MR) is 78.2 cm³/mol. The molecule has 19 heavy (non-hydrogen) atoms. The molecule has 0 atom stereocenters. The first-order valence-corrected chi connectivity index (χ1v) is 6.90. The van der Waals surface area contributed by atoms with Crippen molar-refractivity contribution in [3.8, 4) is 11.3 Å². The molecule has 0 aliphatic heterocycles. The van der Waals surface area contributed by atoms with Gasteiger partial charge in [0.05, 0.1) is 5.69 Å². The third-order valence-electron chi connectivity index (χ3n) is 4.28. The second kappa shape index (κ2) is 4.20. The Morgan fingerprint density at radius 2 is 2.00 bits per heavy atom. The zero-order chi connectivity index (χ0) is 13.6. The molecule has 3 N–H and O–H groups in total. The fraction of sp³-hybridized carbons (Fsp3) is 0.438. The molecule has 0 radical (unpaired) electrons. The van der Waals surface area contributed by atoms with Gasteiger partial charge >= 0.3 is 0 Å². The van der Waals surface area contributed by atoms with Crippen LogP contribution in [-0.4, -0.2) is 16.5 Å². The molecule has 2 aromatic rings. The quantitative estimate of drug-likeness (QED) is 0.886. The third kappa shape index (κ3) is 1.98. The molecular weight excluding hydrogens is 234 g/mol.